The number of fused-ring (bicyclic) bond motifs is 1. The average Bonchev–Trinajstić information content (AvgIpc) is 3.69. The fourth-order valence-electron chi connectivity index (χ4n) is 8.70. The van der Waals surface area contributed by atoms with Gasteiger partial charge in [-0.3, -0.25) is 13.9 Å². The van der Waals surface area contributed by atoms with Crippen LogP contribution in [0.1, 0.15) is 61.3 Å². The number of halogens is 3. The van der Waals surface area contributed by atoms with Crippen molar-refractivity contribution >= 4 is 11.9 Å². The summed E-state index contributed by atoms with van der Waals surface area (Å²) in [7, 11) is 2.02. The van der Waals surface area contributed by atoms with Gasteiger partial charge in [0.1, 0.15) is 0 Å². The Morgan fingerprint density at radius 1 is 1.14 bits per heavy atom. The van der Waals surface area contributed by atoms with Crippen molar-refractivity contribution in [3.63, 3.8) is 0 Å². The third-order valence-corrected chi connectivity index (χ3v) is 11.1. The normalized spacial score (nSPS) is 29.7. The quantitative estimate of drug-likeness (QED) is 0.453. The number of hydrogen-bond acceptors (Lipinski definition) is 5. The Bertz CT molecular complexity index is 1780. The molecule has 42 heavy (non-hydrogen) atoms. The van der Waals surface area contributed by atoms with E-state index >= 15 is 0 Å². The lowest BCUT2D eigenvalue weighted by Crippen LogP contribution is -2.48. The first-order chi connectivity index (χ1) is 20.0. The number of aromatic nitrogens is 2. The lowest BCUT2D eigenvalue weighted by molar-refractivity contribution is -0.556. The van der Waals surface area contributed by atoms with E-state index in [0.717, 1.165) is 42.3 Å². The predicted molar refractivity (Wildman–Crippen MR) is 149 cm³/mol. The van der Waals surface area contributed by atoms with Crippen molar-refractivity contribution in [3.8, 4) is 11.8 Å². The summed E-state index contributed by atoms with van der Waals surface area (Å²) in [5, 5.41) is 10.0. The lowest BCUT2D eigenvalue weighted by Gasteiger charge is -2.40. The first kappa shape index (κ1) is 26.0. The first-order valence-corrected chi connectivity index (χ1v) is 14.7. The summed E-state index contributed by atoms with van der Waals surface area (Å²) >= 11 is 0. The van der Waals surface area contributed by atoms with Crippen molar-refractivity contribution in [1.82, 2.24) is 24.7 Å². The summed E-state index contributed by atoms with van der Waals surface area (Å²) in [6.07, 6.45) is 5.71. The van der Waals surface area contributed by atoms with E-state index in [2.05, 4.69) is 33.3 Å². The van der Waals surface area contributed by atoms with Crippen LogP contribution in [-0.2, 0) is 18.1 Å². The molecule has 3 unspecified atom stereocenters. The van der Waals surface area contributed by atoms with E-state index in [4.69, 9.17) is 0 Å². The van der Waals surface area contributed by atoms with Gasteiger partial charge < -0.3 is 0 Å². The molecule has 3 aromatic rings. The van der Waals surface area contributed by atoms with Crippen LogP contribution in [0.5, 0.6) is 0 Å². The maximum absolute atomic E-state index is 14.3. The van der Waals surface area contributed by atoms with Crippen molar-refractivity contribution in [2.45, 2.75) is 62.8 Å². The van der Waals surface area contributed by atoms with Crippen molar-refractivity contribution < 1.29 is 17.7 Å². The topological polar surface area (TPSA) is 80.5 Å². The number of benzene rings is 1. The van der Waals surface area contributed by atoms with E-state index in [1.807, 2.05) is 25.5 Å². The number of nitrogens with zero attached hydrogens (tertiary/aromatic N) is 5. The Balaban J connectivity index is 1.26. The molecule has 5 aliphatic rings. The first-order valence-electron chi connectivity index (χ1n) is 14.7. The van der Waals surface area contributed by atoms with Gasteiger partial charge in [-0.1, -0.05) is 13.3 Å². The van der Waals surface area contributed by atoms with Crippen molar-refractivity contribution in [2.24, 2.45) is 17.3 Å². The summed E-state index contributed by atoms with van der Waals surface area (Å²) < 4.78 is 47.5. The molecule has 3 atom stereocenters. The molecular formula is C31H33F3N7O+. The van der Waals surface area contributed by atoms with Gasteiger partial charge in [0.2, 0.25) is 5.66 Å². The number of likely N-dealkylation sites (N-methyl/N-ethyl adjacent to an activating group) is 1. The minimum absolute atomic E-state index is 0.189. The molecule has 8 rings (SSSR count). The molecule has 2 aromatic heterocycles. The van der Waals surface area contributed by atoms with E-state index in [-0.39, 0.29) is 16.8 Å². The van der Waals surface area contributed by atoms with E-state index in [9.17, 15) is 23.2 Å². The number of nitrogens with one attached hydrogen (secondary N) is 2. The van der Waals surface area contributed by atoms with Gasteiger partial charge >= 0.3 is 11.9 Å². The highest BCUT2D eigenvalue weighted by molar-refractivity contribution is 5.60. The number of hydrazine groups is 1. The fraction of sp³-hybridized carbons (Fsp3) is 0.516. The maximum Gasteiger partial charge on any atom is 0.418 e. The second-order valence-electron chi connectivity index (χ2n) is 13.3. The second kappa shape index (κ2) is 8.26. The van der Waals surface area contributed by atoms with Crippen LogP contribution in [0.4, 0.5) is 13.2 Å². The molecule has 0 amide bonds. The van der Waals surface area contributed by atoms with Crippen LogP contribution in [-0.4, -0.2) is 50.6 Å². The summed E-state index contributed by atoms with van der Waals surface area (Å²) in [5.74, 6) is 0.562. The number of imidazole rings is 1. The van der Waals surface area contributed by atoms with Crippen LogP contribution in [0.3, 0.4) is 0 Å². The number of hydrogen-bond donors (Lipinski definition) is 2. The van der Waals surface area contributed by atoms with Gasteiger partial charge in [-0.25, -0.2) is 9.37 Å². The zero-order valence-corrected chi connectivity index (χ0v) is 23.6. The molecule has 1 saturated heterocycles. The van der Waals surface area contributed by atoms with Crippen LogP contribution in [0.25, 0.3) is 11.2 Å². The Kier molecular flexibility index (Phi) is 5.12. The van der Waals surface area contributed by atoms with Gasteiger partial charge in [-0.2, -0.15) is 23.9 Å². The molecule has 11 heteroatoms. The Labute approximate surface area is 241 Å². The minimum Gasteiger partial charge on any atom is -0.298 e. The lowest BCUT2D eigenvalue weighted by atomic mass is 9.68. The molecule has 218 valence electrons. The molecule has 2 aliphatic heterocycles. The smallest absolute Gasteiger partial charge is 0.298 e. The average molecular weight is 577 g/mol. The fourth-order valence-corrected chi connectivity index (χ4v) is 8.70. The molecule has 1 aromatic carbocycles. The van der Waals surface area contributed by atoms with Gasteiger partial charge in [0.25, 0.3) is 6.34 Å². The number of pyridine rings is 1. The molecule has 0 radical (unpaired) electrons. The SMILES string of the molecule is CC1C(c2cc(C#N)cc(-n3cc4c(C(F)(F)F)cc(CN5CC6(CC6)C5)cn4c3=O)c2)(C2CCC2)C12NNC=[N+]2C. The van der Waals surface area contributed by atoms with Crippen LogP contribution in [0.15, 0.2) is 41.5 Å². The van der Waals surface area contributed by atoms with Crippen LogP contribution in [0, 0.1) is 28.6 Å². The summed E-state index contributed by atoms with van der Waals surface area (Å²) in [5.41, 5.74) is 6.86. The second-order valence-corrected chi connectivity index (χ2v) is 13.3. The monoisotopic (exact) mass is 576 g/mol. The van der Waals surface area contributed by atoms with Crippen molar-refractivity contribution in [1.29, 1.82) is 5.26 Å². The molecule has 2 N–H and O–H groups in total. The minimum atomic E-state index is -4.63. The Hall–Kier alpha value is -3.62. The molecule has 3 aliphatic carbocycles. The highest BCUT2D eigenvalue weighted by atomic mass is 19.4. The highest BCUT2D eigenvalue weighted by Crippen LogP contribution is 2.70. The Morgan fingerprint density at radius 2 is 1.90 bits per heavy atom. The summed E-state index contributed by atoms with van der Waals surface area (Å²) in [6.45, 7) is 4.36. The zero-order valence-electron chi connectivity index (χ0n) is 23.6. The number of likely N-dealkylation sites (tertiary alicyclic amines) is 1. The standard InChI is InChI=1S/C31H32F3N7O/c1-19-29(22-4-3-5-22,30(19)37-36-18-38(30)2)23-8-20(12-35)9-24(11-23)40-15-26-25(31(32,33)34)10-21(14-41(26)27(40)42)13-39-16-28(17-39)6-7-28/h8-11,14-15,18-19,22,37H,3-7,13,16-17H2,1-2H3/p+1. The molecule has 3 saturated carbocycles. The molecular weight excluding hydrogens is 543 g/mol. The molecule has 8 nitrogen and oxygen atoms in total. The van der Waals surface area contributed by atoms with Crippen LogP contribution in [0.2, 0.25) is 0 Å². The van der Waals surface area contributed by atoms with Crippen molar-refractivity contribution in [3.05, 3.63) is 69.4 Å². The molecule has 2 spiro atoms. The third-order valence-electron chi connectivity index (χ3n) is 11.1. The molecule has 0 bridgehead atoms. The van der Waals surface area contributed by atoms with Crippen molar-refractivity contribution in [2.75, 3.05) is 20.1 Å². The number of alkyl halides is 3. The number of nitriles is 1. The van der Waals surface area contributed by atoms with Gasteiger partial charge in [-0.05, 0) is 72.4 Å². The zero-order chi connectivity index (χ0) is 29.2. The molecule has 4 heterocycles. The van der Waals surface area contributed by atoms with E-state index < -0.39 is 23.1 Å². The van der Waals surface area contributed by atoms with Gasteiger partial charge in [-0.15, -0.1) is 5.43 Å². The van der Waals surface area contributed by atoms with E-state index in [1.54, 1.807) is 12.3 Å². The van der Waals surface area contributed by atoms with Gasteiger partial charge in [0, 0.05) is 37.9 Å². The van der Waals surface area contributed by atoms with Gasteiger partial charge in [0.05, 0.1) is 40.9 Å². The predicted octanol–water partition coefficient (Wildman–Crippen LogP) is 3.74. The molecule has 4 fully saturated rings. The van der Waals surface area contributed by atoms with Crippen LogP contribution >= 0.6 is 0 Å². The Morgan fingerprint density at radius 3 is 2.50 bits per heavy atom. The van der Waals surface area contributed by atoms with Gasteiger partial charge in [0.15, 0.2) is 0 Å². The third kappa shape index (κ3) is 3.31. The number of rotatable bonds is 5. The summed E-state index contributed by atoms with van der Waals surface area (Å²) in [6, 6.07) is 8.81. The van der Waals surface area contributed by atoms with E-state index in [1.165, 1.54) is 29.7 Å². The summed E-state index contributed by atoms with van der Waals surface area (Å²) in [4.78, 5) is 16.0. The van der Waals surface area contributed by atoms with Crippen LogP contribution < -0.4 is 16.5 Å². The highest BCUT2D eigenvalue weighted by Gasteiger charge is 2.84. The largest absolute Gasteiger partial charge is 0.418 e. The van der Waals surface area contributed by atoms with E-state index in [0.29, 0.717) is 34.7 Å². The maximum atomic E-state index is 14.3.